The van der Waals surface area contributed by atoms with Gasteiger partial charge in [-0.3, -0.25) is 4.98 Å². The molecular weight excluding hydrogens is 278 g/mol. The van der Waals surface area contributed by atoms with Crippen LogP contribution in [0.3, 0.4) is 0 Å². The first-order valence-electron chi connectivity index (χ1n) is 7.92. The lowest BCUT2D eigenvalue weighted by Crippen LogP contribution is -2.39. The monoisotopic (exact) mass is 305 g/mol. The molecule has 1 saturated heterocycles. The van der Waals surface area contributed by atoms with Crippen LogP contribution >= 0.6 is 0 Å². The summed E-state index contributed by atoms with van der Waals surface area (Å²) >= 11 is 0. The van der Waals surface area contributed by atoms with Gasteiger partial charge in [-0.2, -0.15) is 0 Å². The molecule has 1 aliphatic rings. The highest BCUT2D eigenvalue weighted by Crippen LogP contribution is 2.25. The molecule has 2 rings (SSSR count). The molecule has 0 spiro atoms. The van der Waals surface area contributed by atoms with Crippen LogP contribution in [0.5, 0.6) is 0 Å². The van der Waals surface area contributed by atoms with Crippen molar-refractivity contribution in [1.29, 1.82) is 0 Å². The molecule has 0 aromatic carbocycles. The van der Waals surface area contributed by atoms with Crippen molar-refractivity contribution >= 4 is 11.8 Å². The molecule has 0 radical (unpaired) electrons. The molecule has 0 atom stereocenters. The lowest BCUT2D eigenvalue weighted by molar-refractivity contribution is 0.0263. The minimum absolute atomic E-state index is 0.211. The molecule has 0 N–H and O–H groups in total. The Hall–Kier alpha value is -1.78. The molecule has 1 aromatic heterocycles. The predicted molar refractivity (Wildman–Crippen MR) is 88.3 cm³/mol. The minimum Gasteiger partial charge on any atom is -0.444 e. The summed E-state index contributed by atoms with van der Waals surface area (Å²) in [4.78, 5) is 20.6. The van der Waals surface area contributed by atoms with E-state index in [1.165, 1.54) is 16.8 Å². The third kappa shape index (κ3) is 4.12. The van der Waals surface area contributed by atoms with Crippen LogP contribution in [0.25, 0.3) is 0 Å². The van der Waals surface area contributed by atoms with Crippen LogP contribution in [0.1, 0.15) is 38.3 Å². The second kappa shape index (κ2) is 6.55. The number of hydrogen-bond donors (Lipinski definition) is 0. The number of rotatable bonds is 1. The topological polar surface area (TPSA) is 45.7 Å². The number of carbonyl (C=O) groups excluding carboxylic acids is 1. The molecule has 0 saturated carbocycles. The third-order valence-electron chi connectivity index (χ3n) is 3.75. The number of aromatic nitrogens is 1. The molecule has 122 valence electrons. The van der Waals surface area contributed by atoms with Crippen LogP contribution in [0.2, 0.25) is 0 Å². The first kappa shape index (κ1) is 16.6. The average molecular weight is 305 g/mol. The lowest BCUT2D eigenvalue weighted by Gasteiger charge is -2.28. The number of ether oxygens (including phenoxy) is 1. The summed E-state index contributed by atoms with van der Waals surface area (Å²) in [5.74, 6) is 0. The number of nitrogens with zero attached hydrogens (tertiary/aromatic N) is 3. The maximum atomic E-state index is 12.2. The van der Waals surface area contributed by atoms with E-state index >= 15 is 0 Å². The molecule has 5 heteroatoms. The standard InChI is InChI=1S/C17H27N3O2/c1-13-11-18-12-14(2)15(13)19-7-6-8-20(10-9-19)16(21)22-17(3,4)5/h11-12H,6-10H2,1-5H3. The zero-order valence-electron chi connectivity index (χ0n) is 14.3. The van der Waals surface area contributed by atoms with Gasteiger partial charge >= 0.3 is 6.09 Å². The zero-order chi connectivity index (χ0) is 16.3. The maximum absolute atomic E-state index is 12.2. The van der Waals surface area contributed by atoms with Gasteiger partial charge in [0.2, 0.25) is 0 Å². The molecule has 2 heterocycles. The zero-order valence-corrected chi connectivity index (χ0v) is 14.3. The van der Waals surface area contributed by atoms with E-state index < -0.39 is 5.60 Å². The second-order valence-electron chi connectivity index (χ2n) is 6.93. The van der Waals surface area contributed by atoms with Gasteiger partial charge in [0.05, 0.1) is 0 Å². The largest absolute Gasteiger partial charge is 0.444 e. The van der Waals surface area contributed by atoms with Gasteiger partial charge in [0.15, 0.2) is 0 Å². The van der Waals surface area contributed by atoms with Crippen molar-refractivity contribution in [2.45, 2.75) is 46.6 Å². The highest BCUT2D eigenvalue weighted by molar-refractivity contribution is 5.68. The molecule has 1 amide bonds. The van der Waals surface area contributed by atoms with E-state index in [0.717, 1.165) is 26.1 Å². The van der Waals surface area contributed by atoms with Gasteiger partial charge in [0.1, 0.15) is 5.60 Å². The van der Waals surface area contributed by atoms with Crippen LogP contribution in [-0.2, 0) is 4.74 Å². The molecule has 1 aromatic rings. The van der Waals surface area contributed by atoms with Crippen molar-refractivity contribution in [3.8, 4) is 0 Å². The Kier molecular flexibility index (Phi) is 4.94. The summed E-state index contributed by atoms with van der Waals surface area (Å²) in [6.07, 6.45) is 4.54. The Morgan fingerprint density at radius 2 is 1.73 bits per heavy atom. The molecule has 0 bridgehead atoms. The molecule has 0 aliphatic carbocycles. The van der Waals surface area contributed by atoms with Gasteiger partial charge < -0.3 is 14.5 Å². The van der Waals surface area contributed by atoms with Gasteiger partial charge in [-0.05, 0) is 52.2 Å². The summed E-state index contributed by atoms with van der Waals surface area (Å²) in [5.41, 5.74) is 3.18. The Morgan fingerprint density at radius 1 is 1.09 bits per heavy atom. The Bertz CT molecular complexity index is 517. The Labute approximate surface area is 133 Å². The van der Waals surface area contributed by atoms with Gasteiger partial charge in [0.25, 0.3) is 0 Å². The fraction of sp³-hybridized carbons (Fsp3) is 0.647. The number of hydrogen-bond acceptors (Lipinski definition) is 4. The number of anilines is 1. The number of carbonyl (C=O) groups is 1. The molecule has 22 heavy (non-hydrogen) atoms. The SMILES string of the molecule is Cc1cncc(C)c1N1CCCN(C(=O)OC(C)(C)C)CC1. The van der Waals surface area contributed by atoms with E-state index in [1.807, 2.05) is 38.1 Å². The number of amides is 1. The first-order chi connectivity index (χ1) is 10.3. The van der Waals surface area contributed by atoms with Crippen molar-refractivity contribution in [3.63, 3.8) is 0 Å². The van der Waals surface area contributed by atoms with Crippen molar-refractivity contribution in [3.05, 3.63) is 23.5 Å². The van der Waals surface area contributed by atoms with E-state index in [9.17, 15) is 4.79 Å². The Morgan fingerprint density at radius 3 is 2.32 bits per heavy atom. The highest BCUT2D eigenvalue weighted by Gasteiger charge is 2.25. The van der Waals surface area contributed by atoms with Crippen LogP contribution < -0.4 is 4.90 Å². The van der Waals surface area contributed by atoms with E-state index in [4.69, 9.17) is 4.74 Å². The highest BCUT2D eigenvalue weighted by atomic mass is 16.6. The maximum Gasteiger partial charge on any atom is 0.410 e. The van der Waals surface area contributed by atoms with Crippen LogP contribution in [0, 0.1) is 13.8 Å². The third-order valence-corrected chi connectivity index (χ3v) is 3.75. The van der Waals surface area contributed by atoms with Gasteiger partial charge in [-0.1, -0.05) is 0 Å². The van der Waals surface area contributed by atoms with Gasteiger partial charge in [-0.25, -0.2) is 4.79 Å². The van der Waals surface area contributed by atoms with Crippen molar-refractivity contribution in [2.75, 3.05) is 31.1 Å². The minimum atomic E-state index is -0.443. The van der Waals surface area contributed by atoms with E-state index in [1.54, 1.807) is 0 Å². The second-order valence-corrected chi connectivity index (χ2v) is 6.93. The number of aryl methyl sites for hydroxylation is 2. The van der Waals surface area contributed by atoms with Crippen LogP contribution in [-0.4, -0.2) is 47.8 Å². The van der Waals surface area contributed by atoms with Crippen molar-refractivity contribution < 1.29 is 9.53 Å². The van der Waals surface area contributed by atoms with E-state index in [0.29, 0.717) is 6.54 Å². The molecule has 5 nitrogen and oxygen atoms in total. The summed E-state index contributed by atoms with van der Waals surface area (Å²) in [5, 5.41) is 0. The summed E-state index contributed by atoms with van der Waals surface area (Å²) < 4.78 is 5.48. The molecule has 0 unspecified atom stereocenters. The fourth-order valence-electron chi connectivity index (χ4n) is 2.84. The summed E-state index contributed by atoms with van der Waals surface area (Å²) in [7, 11) is 0. The smallest absolute Gasteiger partial charge is 0.410 e. The lowest BCUT2D eigenvalue weighted by atomic mass is 10.1. The van der Waals surface area contributed by atoms with Gasteiger partial charge in [-0.15, -0.1) is 0 Å². The average Bonchev–Trinajstić information content (AvgIpc) is 2.62. The van der Waals surface area contributed by atoms with E-state index in [-0.39, 0.29) is 6.09 Å². The van der Waals surface area contributed by atoms with Crippen molar-refractivity contribution in [1.82, 2.24) is 9.88 Å². The quantitative estimate of drug-likeness (QED) is 0.799. The number of pyridine rings is 1. The van der Waals surface area contributed by atoms with Crippen LogP contribution in [0.15, 0.2) is 12.4 Å². The first-order valence-corrected chi connectivity index (χ1v) is 7.92. The summed E-state index contributed by atoms with van der Waals surface area (Å²) in [6.45, 7) is 13.1. The normalized spacial score (nSPS) is 16.4. The summed E-state index contributed by atoms with van der Waals surface area (Å²) in [6, 6.07) is 0. The van der Waals surface area contributed by atoms with E-state index in [2.05, 4.69) is 23.7 Å². The molecular formula is C17H27N3O2. The van der Waals surface area contributed by atoms with Crippen molar-refractivity contribution in [2.24, 2.45) is 0 Å². The molecule has 1 aliphatic heterocycles. The predicted octanol–water partition coefficient (Wildman–Crippen LogP) is 3.15. The Balaban J connectivity index is 2.05. The van der Waals surface area contributed by atoms with Gasteiger partial charge in [0, 0.05) is 44.3 Å². The van der Waals surface area contributed by atoms with Crippen LogP contribution in [0.4, 0.5) is 10.5 Å². The molecule has 1 fully saturated rings. The fourth-order valence-corrected chi connectivity index (χ4v) is 2.84.